The molecule has 0 aliphatic carbocycles. The lowest BCUT2D eigenvalue weighted by atomic mass is 9.16. The maximum atomic E-state index is 5.79. The lowest BCUT2D eigenvalue weighted by molar-refractivity contribution is 0.103. The average molecular weight is 138 g/mol. The summed E-state index contributed by atoms with van der Waals surface area (Å²) in [6.45, 7) is 9.98. The Morgan fingerprint density at radius 3 is 2.30 bits per heavy atom. The monoisotopic (exact) mass is 138 g/mol. The van der Waals surface area contributed by atoms with Gasteiger partial charge < -0.3 is 4.65 Å². The third-order valence-electron chi connectivity index (χ3n) is 2.51. The van der Waals surface area contributed by atoms with Crippen LogP contribution in [0.25, 0.3) is 0 Å². The zero-order valence-corrected chi connectivity index (χ0v) is 7.48. The van der Waals surface area contributed by atoms with E-state index >= 15 is 0 Å². The maximum Gasteiger partial charge on any atom is 0.252 e. The summed E-state index contributed by atoms with van der Waals surface area (Å²) in [5, 5.41) is 0. The molecule has 0 N–H and O–H groups in total. The van der Waals surface area contributed by atoms with Gasteiger partial charge in [0.2, 0.25) is 0 Å². The van der Waals surface area contributed by atoms with Gasteiger partial charge in [0.05, 0.1) is 0 Å². The minimum Gasteiger partial charge on any atom is -0.440 e. The highest BCUT2D eigenvalue weighted by molar-refractivity contribution is 7.18. The fourth-order valence-electron chi connectivity index (χ4n) is 1.49. The molecule has 1 saturated heterocycles. The van der Waals surface area contributed by atoms with Crippen molar-refractivity contribution < 1.29 is 4.65 Å². The predicted octanol–water partition coefficient (Wildman–Crippen LogP) is 2.01. The van der Waals surface area contributed by atoms with Crippen LogP contribution in [0.1, 0.15) is 20.3 Å². The second-order valence-corrected chi connectivity index (χ2v) is 4.10. The van der Waals surface area contributed by atoms with E-state index in [-0.39, 0.29) is 5.60 Å². The fraction of sp³-hybridized carbons (Fsp3) is 1.00. The summed E-state index contributed by atoms with van der Waals surface area (Å²) in [5.41, 5.74) is 0.131. The summed E-state index contributed by atoms with van der Waals surface area (Å²) < 4.78 is 5.79. The van der Waals surface area contributed by atoms with Crippen LogP contribution in [0.3, 0.4) is 0 Å². The van der Waals surface area contributed by atoms with Gasteiger partial charge in [-0.3, -0.25) is 0 Å². The van der Waals surface area contributed by atoms with E-state index in [4.69, 9.17) is 4.65 Å². The van der Waals surface area contributed by atoms with Gasteiger partial charge in [-0.15, -0.1) is 0 Å². The second-order valence-electron chi connectivity index (χ2n) is 4.10. The minimum atomic E-state index is 0.131. The van der Waals surface area contributed by atoms with E-state index in [1.165, 1.54) is 12.7 Å². The van der Waals surface area contributed by atoms with Crippen molar-refractivity contribution in [2.24, 2.45) is 0 Å². The number of hydrogen-bond acceptors (Lipinski definition) is 1. The van der Waals surface area contributed by atoms with Gasteiger partial charge in [0.1, 0.15) is 6.60 Å². The molecule has 0 aromatic carbocycles. The van der Waals surface area contributed by atoms with E-state index in [0.29, 0.717) is 6.81 Å². The van der Waals surface area contributed by atoms with Crippen LogP contribution < -0.4 is 0 Å². The van der Waals surface area contributed by atoms with Gasteiger partial charge in [-0.05, 0) is 20.3 Å². The van der Waals surface area contributed by atoms with Crippen LogP contribution in [0.4, 0.5) is 0 Å². The molecule has 0 amide bonds. The minimum absolute atomic E-state index is 0.131. The Hall–Kier alpha value is 0.0899. The van der Waals surface area contributed by atoms with Crippen LogP contribution in [0, 0.1) is 0 Å². The molecule has 1 fully saturated rings. The molecule has 1 aliphatic rings. The van der Waals surface area contributed by atoms with E-state index in [1.54, 1.807) is 0 Å². The fourth-order valence-corrected chi connectivity index (χ4v) is 1.49. The molecule has 0 bridgehead atoms. The topological polar surface area (TPSA) is 9.23 Å². The normalized spacial score (nSPS) is 25.2. The van der Waals surface area contributed by atoms with Gasteiger partial charge in [-0.1, -0.05) is 20.0 Å². The molecular weight excluding hydrogens is 122 g/mol. The first kappa shape index (κ1) is 8.19. The Labute approximate surface area is 64.7 Å². The molecule has 1 nitrogen and oxygen atoms in total. The second kappa shape index (κ2) is 2.61. The summed E-state index contributed by atoms with van der Waals surface area (Å²) in [6.07, 6.45) is 2.52. The van der Waals surface area contributed by atoms with Crippen molar-refractivity contribution in [3.05, 3.63) is 0 Å². The quantitative estimate of drug-likeness (QED) is 0.465. The first-order valence-electron chi connectivity index (χ1n) is 4.19. The van der Waals surface area contributed by atoms with Crippen molar-refractivity contribution in [1.29, 1.82) is 0 Å². The third kappa shape index (κ3) is 1.79. The largest absolute Gasteiger partial charge is 0.440 e. The highest BCUT2D eigenvalue weighted by atomic mass is 16.5. The molecule has 0 spiro atoms. The van der Waals surface area contributed by atoms with Crippen molar-refractivity contribution in [3.63, 3.8) is 0 Å². The van der Waals surface area contributed by atoms with E-state index in [9.17, 15) is 0 Å². The molecule has 10 heavy (non-hydrogen) atoms. The highest BCUT2D eigenvalue weighted by Gasteiger charge is 2.34. The summed E-state index contributed by atoms with van der Waals surface area (Å²) in [6, 6.07) is 0. The van der Waals surface area contributed by atoms with Gasteiger partial charge in [0.25, 0.3) is 6.81 Å². The maximum absolute atomic E-state index is 5.79. The van der Waals surface area contributed by atoms with E-state index < -0.39 is 0 Å². The lowest BCUT2D eigenvalue weighted by Crippen LogP contribution is -2.46. The predicted molar refractivity (Wildman–Crippen MR) is 47.8 cm³/mol. The molecule has 0 unspecified atom stereocenters. The summed E-state index contributed by atoms with van der Waals surface area (Å²) in [4.78, 5) is 0. The first-order valence-corrected chi connectivity index (χ1v) is 4.19. The van der Waals surface area contributed by atoms with Crippen LogP contribution in [0.5, 0.6) is 0 Å². The van der Waals surface area contributed by atoms with Crippen LogP contribution >= 0.6 is 0 Å². The molecular formula is C7H16B2O. The van der Waals surface area contributed by atoms with E-state index in [0.717, 1.165) is 6.60 Å². The molecule has 0 saturated carbocycles. The van der Waals surface area contributed by atoms with Gasteiger partial charge in [-0.2, -0.15) is 0 Å². The molecule has 3 heteroatoms. The number of hydrogen-bond donors (Lipinski definition) is 0. The van der Waals surface area contributed by atoms with Gasteiger partial charge >= 0.3 is 0 Å². The molecule has 1 rings (SSSR count). The summed E-state index contributed by atoms with van der Waals surface area (Å²) >= 11 is 0. The van der Waals surface area contributed by atoms with Gasteiger partial charge in [-0.25, -0.2) is 0 Å². The molecule has 1 heterocycles. The molecule has 0 radical (unpaired) electrons. The third-order valence-corrected chi connectivity index (χ3v) is 2.51. The van der Waals surface area contributed by atoms with Crippen LogP contribution in [-0.2, 0) is 4.65 Å². The standard InChI is InChI=1S/C7H16B2O/c1-7(2)5-6-8(3)9(4)10-7/h5-6H2,1-4H3. The Morgan fingerprint density at radius 1 is 1.30 bits per heavy atom. The Morgan fingerprint density at radius 2 is 1.90 bits per heavy atom. The molecule has 56 valence electrons. The summed E-state index contributed by atoms with van der Waals surface area (Å²) in [5.74, 6) is 0. The molecule has 0 atom stereocenters. The van der Waals surface area contributed by atoms with Crippen molar-refractivity contribution in [1.82, 2.24) is 0 Å². The zero-order chi connectivity index (χ0) is 7.78. The molecule has 1 aliphatic heterocycles. The Kier molecular flexibility index (Phi) is 2.14. The average Bonchev–Trinajstić information content (AvgIpc) is 1.79. The van der Waals surface area contributed by atoms with Crippen LogP contribution in [0.2, 0.25) is 20.0 Å². The lowest BCUT2D eigenvalue weighted by Gasteiger charge is -2.36. The highest BCUT2D eigenvalue weighted by Crippen LogP contribution is 2.25. The Balaban J connectivity index is 2.49. The van der Waals surface area contributed by atoms with Crippen LogP contribution in [-0.4, -0.2) is 19.0 Å². The zero-order valence-electron chi connectivity index (χ0n) is 7.48. The summed E-state index contributed by atoms with van der Waals surface area (Å²) in [7, 11) is 0. The smallest absolute Gasteiger partial charge is 0.252 e. The van der Waals surface area contributed by atoms with Gasteiger partial charge in [0.15, 0.2) is 0 Å². The number of rotatable bonds is 0. The molecule has 0 aromatic heterocycles. The van der Waals surface area contributed by atoms with E-state index in [2.05, 4.69) is 27.5 Å². The van der Waals surface area contributed by atoms with Gasteiger partial charge in [0, 0.05) is 5.60 Å². The van der Waals surface area contributed by atoms with Crippen LogP contribution in [0.15, 0.2) is 0 Å². The first-order chi connectivity index (χ1) is 4.51. The van der Waals surface area contributed by atoms with Crippen molar-refractivity contribution in [3.8, 4) is 0 Å². The van der Waals surface area contributed by atoms with E-state index in [1.807, 2.05) is 0 Å². The van der Waals surface area contributed by atoms with Crippen molar-refractivity contribution >= 4 is 13.4 Å². The SMILES string of the molecule is CB1CCC(C)(C)OB1C. The molecule has 0 aromatic rings. The van der Waals surface area contributed by atoms with Crippen molar-refractivity contribution in [2.75, 3.05) is 0 Å². The van der Waals surface area contributed by atoms with Crippen molar-refractivity contribution in [2.45, 2.75) is 45.8 Å². The Bertz CT molecular complexity index is 125.